The highest BCUT2D eigenvalue weighted by Crippen LogP contribution is 2.07. The Morgan fingerprint density at radius 1 is 0.947 bits per heavy atom. The monoisotopic (exact) mass is 271 g/mol. The number of hydrogen-bond donors (Lipinski definition) is 0. The van der Waals surface area contributed by atoms with Gasteiger partial charge in [0.05, 0.1) is 0 Å². The van der Waals surface area contributed by atoms with E-state index in [1.165, 1.54) is 6.47 Å². The molecule has 0 amide bonds. The minimum atomic E-state index is -2.34. The van der Waals surface area contributed by atoms with Crippen molar-refractivity contribution >= 4 is 25.2 Å². The topological polar surface area (TPSA) is 35.5 Å². The van der Waals surface area contributed by atoms with Gasteiger partial charge in [0.1, 0.15) is 0 Å². The molecule has 0 saturated carbocycles. The van der Waals surface area contributed by atoms with E-state index in [1.54, 1.807) is 0 Å². The first kappa shape index (κ1) is 13.5. The standard InChI is InChI=1S/C15H15O3Si/c1-19(18-13-17-12-16,14-8-4-2-5-9-14)15-10-6-3-7-11-15/h2-11H,13H2,1H3. The van der Waals surface area contributed by atoms with Crippen molar-refractivity contribution in [2.75, 3.05) is 6.79 Å². The smallest absolute Gasteiger partial charge is 0.419 e. The third-order valence-electron chi connectivity index (χ3n) is 3.11. The summed E-state index contributed by atoms with van der Waals surface area (Å²) in [6.45, 7) is 3.41. The Kier molecular flexibility index (Phi) is 4.49. The summed E-state index contributed by atoms with van der Waals surface area (Å²) in [5, 5.41) is 2.27. The van der Waals surface area contributed by atoms with Crippen molar-refractivity contribution in [1.29, 1.82) is 0 Å². The SMILES string of the molecule is C[Si](OCO[C]=O)(c1ccccc1)c1ccccc1. The second kappa shape index (κ2) is 6.31. The van der Waals surface area contributed by atoms with Crippen LogP contribution in [0.15, 0.2) is 60.7 Å². The number of benzene rings is 2. The van der Waals surface area contributed by atoms with Crippen LogP contribution >= 0.6 is 0 Å². The lowest BCUT2D eigenvalue weighted by atomic mass is 10.4. The van der Waals surface area contributed by atoms with Crippen LogP contribution in [0.5, 0.6) is 0 Å². The van der Waals surface area contributed by atoms with E-state index in [-0.39, 0.29) is 6.79 Å². The first-order chi connectivity index (χ1) is 9.27. The third kappa shape index (κ3) is 3.10. The van der Waals surface area contributed by atoms with Crippen molar-refractivity contribution in [3.63, 3.8) is 0 Å². The van der Waals surface area contributed by atoms with Gasteiger partial charge < -0.3 is 9.16 Å². The molecule has 0 atom stereocenters. The first-order valence-corrected chi connectivity index (χ1v) is 8.42. The molecular formula is C15H15O3Si. The van der Waals surface area contributed by atoms with Gasteiger partial charge >= 0.3 is 6.47 Å². The maximum absolute atomic E-state index is 10.2. The Balaban J connectivity index is 2.35. The number of rotatable bonds is 6. The fourth-order valence-corrected chi connectivity index (χ4v) is 4.64. The predicted octanol–water partition coefficient (Wildman–Crippen LogP) is 1.43. The van der Waals surface area contributed by atoms with Gasteiger partial charge in [0.2, 0.25) is 0 Å². The molecule has 2 aromatic carbocycles. The minimum absolute atomic E-state index is 0.0734. The van der Waals surface area contributed by atoms with Crippen LogP contribution in [0.25, 0.3) is 0 Å². The van der Waals surface area contributed by atoms with Crippen LogP contribution in [0.3, 0.4) is 0 Å². The summed E-state index contributed by atoms with van der Waals surface area (Å²) in [5.41, 5.74) is 0. The quantitative estimate of drug-likeness (QED) is 0.453. The molecule has 4 heteroatoms. The summed E-state index contributed by atoms with van der Waals surface area (Å²) < 4.78 is 10.5. The Labute approximate surface area is 113 Å². The molecule has 19 heavy (non-hydrogen) atoms. The van der Waals surface area contributed by atoms with Gasteiger partial charge in [-0.15, -0.1) is 0 Å². The molecule has 0 spiro atoms. The van der Waals surface area contributed by atoms with Crippen LogP contribution in [0.2, 0.25) is 6.55 Å². The molecule has 0 N–H and O–H groups in total. The molecule has 2 rings (SSSR count). The molecule has 0 heterocycles. The van der Waals surface area contributed by atoms with Crippen molar-refractivity contribution in [2.45, 2.75) is 6.55 Å². The average Bonchev–Trinajstić information content (AvgIpc) is 2.49. The molecule has 1 radical (unpaired) electrons. The lowest BCUT2D eigenvalue weighted by molar-refractivity contribution is 0.102. The van der Waals surface area contributed by atoms with Crippen molar-refractivity contribution in [2.24, 2.45) is 0 Å². The maximum Gasteiger partial charge on any atom is 0.419 e. The molecule has 97 valence electrons. The molecule has 3 nitrogen and oxygen atoms in total. The van der Waals surface area contributed by atoms with Gasteiger partial charge in [-0.1, -0.05) is 60.7 Å². The van der Waals surface area contributed by atoms with Gasteiger partial charge in [-0.25, -0.2) is 4.79 Å². The summed E-state index contributed by atoms with van der Waals surface area (Å²) in [6.07, 6.45) is 0. The fourth-order valence-electron chi connectivity index (χ4n) is 2.02. The number of ether oxygens (including phenoxy) is 1. The zero-order valence-corrected chi connectivity index (χ0v) is 11.7. The molecule has 0 saturated heterocycles. The van der Waals surface area contributed by atoms with Crippen LogP contribution < -0.4 is 10.4 Å². The van der Waals surface area contributed by atoms with E-state index in [4.69, 9.17) is 4.43 Å². The van der Waals surface area contributed by atoms with E-state index in [0.29, 0.717) is 0 Å². The van der Waals surface area contributed by atoms with Crippen LogP contribution in [0, 0.1) is 0 Å². The van der Waals surface area contributed by atoms with E-state index < -0.39 is 8.32 Å². The highest BCUT2D eigenvalue weighted by atomic mass is 28.4. The Morgan fingerprint density at radius 2 is 1.42 bits per heavy atom. The van der Waals surface area contributed by atoms with Gasteiger partial charge in [-0.2, -0.15) is 0 Å². The summed E-state index contributed by atoms with van der Waals surface area (Å²) in [6, 6.07) is 20.1. The maximum atomic E-state index is 10.2. The van der Waals surface area contributed by atoms with E-state index in [9.17, 15) is 4.79 Å². The average molecular weight is 271 g/mol. The zero-order chi connectivity index (χ0) is 13.6. The zero-order valence-electron chi connectivity index (χ0n) is 10.7. The van der Waals surface area contributed by atoms with Gasteiger partial charge in [0.25, 0.3) is 8.32 Å². The Hall–Kier alpha value is -1.91. The van der Waals surface area contributed by atoms with Gasteiger partial charge in [-0.05, 0) is 16.9 Å². The highest BCUT2D eigenvalue weighted by Gasteiger charge is 2.34. The largest absolute Gasteiger partial charge is 0.431 e. The van der Waals surface area contributed by atoms with Crippen LogP contribution in [0.4, 0.5) is 0 Å². The van der Waals surface area contributed by atoms with Crippen LogP contribution in [0.1, 0.15) is 0 Å². The van der Waals surface area contributed by atoms with Crippen molar-refractivity contribution in [3.05, 3.63) is 60.7 Å². The second-order valence-electron chi connectivity index (χ2n) is 4.26. The molecule has 2 aromatic rings. The number of carbonyl (C=O) groups excluding carboxylic acids is 1. The summed E-state index contributed by atoms with van der Waals surface area (Å²) in [5.74, 6) is 0. The molecule has 0 bridgehead atoms. The lowest BCUT2D eigenvalue weighted by Crippen LogP contribution is -2.58. The first-order valence-electron chi connectivity index (χ1n) is 6.01. The van der Waals surface area contributed by atoms with Crippen LogP contribution in [-0.4, -0.2) is 21.6 Å². The molecule has 0 fully saturated rings. The molecule has 0 unspecified atom stereocenters. The van der Waals surface area contributed by atoms with Crippen LogP contribution in [-0.2, 0) is 14.0 Å². The molecule has 0 aliphatic carbocycles. The van der Waals surface area contributed by atoms with Gasteiger partial charge in [0.15, 0.2) is 6.79 Å². The van der Waals surface area contributed by atoms with Gasteiger partial charge in [-0.3, -0.25) is 0 Å². The molecule has 0 aliphatic rings. The van der Waals surface area contributed by atoms with E-state index in [0.717, 1.165) is 10.4 Å². The summed E-state index contributed by atoms with van der Waals surface area (Å²) in [4.78, 5) is 10.2. The highest BCUT2D eigenvalue weighted by molar-refractivity contribution is 6.96. The lowest BCUT2D eigenvalue weighted by Gasteiger charge is -2.27. The van der Waals surface area contributed by atoms with E-state index in [2.05, 4.69) is 11.3 Å². The van der Waals surface area contributed by atoms with E-state index >= 15 is 0 Å². The minimum Gasteiger partial charge on any atom is -0.431 e. The van der Waals surface area contributed by atoms with E-state index in [1.807, 2.05) is 60.7 Å². The predicted molar refractivity (Wildman–Crippen MR) is 76.5 cm³/mol. The van der Waals surface area contributed by atoms with Crippen molar-refractivity contribution in [1.82, 2.24) is 0 Å². The van der Waals surface area contributed by atoms with Gasteiger partial charge in [0, 0.05) is 0 Å². The normalized spacial score (nSPS) is 11.0. The number of hydrogen-bond acceptors (Lipinski definition) is 3. The molecule has 0 aliphatic heterocycles. The Bertz CT molecular complexity index is 474. The molecule has 0 aromatic heterocycles. The van der Waals surface area contributed by atoms with Crippen molar-refractivity contribution in [3.8, 4) is 0 Å². The third-order valence-corrected chi connectivity index (χ3v) is 6.68. The Morgan fingerprint density at radius 3 is 1.84 bits per heavy atom. The molecular weight excluding hydrogens is 256 g/mol. The summed E-state index contributed by atoms with van der Waals surface area (Å²) >= 11 is 0. The van der Waals surface area contributed by atoms with Crippen molar-refractivity contribution < 1.29 is 14.0 Å². The second-order valence-corrected chi connectivity index (χ2v) is 7.77. The fraction of sp³-hybridized carbons (Fsp3) is 0.133. The summed E-state index contributed by atoms with van der Waals surface area (Å²) in [7, 11) is -2.34.